The molecule has 0 aliphatic carbocycles. The Balaban J connectivity index is 1.53. The number of fused-ring (bicyclic) bond motifs is 2. The van der Waals surface area contributed by atoms with Crippen LogP contribution in [0.25, 0.3) is 11.2 Å². The summed E-state index contributed by atoms with van der Waals surface area (Å²) in [5.74, 6) is -3.62. The third-order valence-electron chi connectivity index (χ3n) is 7.16. The lowest BCUT2D eigenvalue weighted by atomic mass is 9.90. The number of ether oxygens (including phenoxy) is 6. The highest BCUT2D eigenvalue weighted by Gasteiger charge is 2.70. The Bertz CT molecular complexity index is 1610. The molecule has 1 N–H and O–H groups in total. The SMILES string of the molecule is CCOC(=O)C[C@@]1(C(=O)OCC)O[C@@H]2[C@@H](OC(C)=O)[C@H](n3cnc4c(NC(=O)c5ccccc5)ncnc43)O[C@@H]2[C@@H]1OC(C)=O. The number of carbonyl (C=O) groups excluding carboxylic acids is 5. The summed E-state index contributed by atoms with van der Waals surface area (Å²) in [4.78, 5) is 76.3. The normalized spacial score (nSPS) is 25.3. The molecule has 2 saturated heterocycles. The van der Waals surface area contributed by atoms with Crippen LogP contribution in [-0.2, 0) is 47.6 Å². The molecule has 0 bridgehead atoms. The van der Waals surface area contributed by atoms with E-state index in [2.05, 4.69) is 20.3 Å². The molecular weight excluding hydrogens is 594 g/mol. The fraction of sp³-hybridized carbons (Fsp3) is 0.448. The molecule has 5 rings (SSSR count). The number of carbonyl (C=O) groups is 5. The van der Waals surface area contributed by atoms with Gasteiger partial charge in [0.1, 0.15) is 18.5 Å². The van der Waals surface area contributed by atoms with Crippen molar-refractivity contribution in [2.75, 3.05) is 18.5 Å². The molecule has 2 fully saturated rings. The maximum absolute atomic E-state index is 13.4. The highest BCUT2D eigenvalue weighted by molar-refractivity contribution is 6.06. The van der Waals surface area contributed by atoms with E-state index in [4.69, 9.17) is 28.4 Å². The summed E-state index contributed by atoms with van der Waals surface area (Å²) >= 11 is 0. The third kappa shape index (κ3) is 6.06. The van der Waals surface area contributed by atoms with Gasteiger partial charge >= 0.3 is 23.9 Å². The molecule has 2 aliphatic heterocycles. The molecule has 6 atom stereocenters. The van der Waals surface area contributed by atoms with Crippen LogP contribution in [0.1, 0.15) is 50.7 Å². The predicted octanol–water partition coefficient (Wildman–Crippen LogP) is 1.49. The second kappa shape index (κ2) is 13.0. The van der Waals surface area contributed by atoms with Crippen LogP contribution in [0.5, 0.6) is 0 Å². The minimum Gasteiger partial charge on any atom is -0.466 e. The molecule has 45 heavy (non-hydrogen) atoms. The first-order valence-electron chi connectivity index (χ1n) is 14.1. The lowest BCUT2D eigenvalue weighted by molar-refractivity contribution is -0.205. The van der Waals surface area contributed by atoms with Crippen LogP contribution in [0.15, 0.2) is 43.0 Å². The van der Waals surface area contributed by atoms with Gasteiger partial charge in [0.15, 0.2) is 35.4 Å². The first-order valence-corrected chi connectivity index (χ1v) is 14.1. The fourth-order valence-corrected chi connectivity index (χ4v) is 5.46. The number of hydrogen-bond donors (Lipinski definition) is 1. The van der Waals surface area contributed by atoms with Gasteiger partial charge in [-0.25, -0.2) is 19.7 Å². The minimum atomic E-state index is -2.17. The molecular formula is C29H31N5O11. The van der Waals surface area contributed by atoms with E-state index in [0.29, 0.717) is 5.56 Å². The number of benzene rings is 1. The van der Waals surface area contributed by atoms with Crippen molar-refractivity contribution in [3.05, 3.63) is 48.5 Å². The van der Waals surface area contributed by atoms with Crippen LogP contribution in [0.3, 0.4) is 0 Å². The Hall–Kier alpha value is -4.96. The molecule has 238 valence electrons. The quantitative estimate of drug-likeness (QED) is 0.251. The van der Waals surface area contributed by atoms with Gasteiger partial charge in [0.2, 0.25) is 5.60 Å². The minimum absolute atomic E-state index is 0.0147. The number of rotatable bonds is 10. The standard InChI is InChI=1S/C29H31N5O11/c1-5-40-18(37)12-29(28(39)41-6-2)23(43-16(4)36)21-20(45-29)22(42-15(3)35)27(44-21)34-14-32-19-24(30-13-31-25(19)34)33-26(38)17-10-8-7-9-11-17/h7-11,13-14,20-23,27H,5-6,12H2,1-4H3,(H,30,31,33,38)/t20-,21-,22+,23-,27+,29+/m0/s1. The second-order valence-electron chi connectivity index (χ2n) is 10.1. The molecule has 2 aromatic heterocycles. The summed E-state index contributed by atoms with van der Waals surface area (Å²) in [6.07, 6.45) is -4.48. The molecule has 0 spiro atoms. The van der Waals surface area contributed by atoms with Crippen molar-refractivity contribution < 1.29 is 52.4 Å². The first-order chi connectivity index (χ1) is 21.6. The fourth-order valence-electron chi connectivity index (χ4n) is 5.46. The van der Waals surface area contributed by atoms with E-state index in [0.717, 1.165) is 6.92 Å². The number of anilines is 1. The predicted molar refractivity (Wildman–Crippen MR) is 150 cm³/mol. The Morgan fingerprint density at radius 2 is 1.64 bits per heavy atom. The number of imidazole rings is 1. The van der Waals surface area contributed by atoms with Crippen molar-refractivity contribution >= 4 is 46.8 Å². The van der Waals surface area contributed by atoms with E-state index in [1.165, 1.54) is 24.1 Å². The van der Waals surface area contributed by atoms with Crippen molar-refractivity contribution in [2.45, 2.75) is 70.4 Å². The molecule has 2 aliphatic rings. The maximum Gasteiger partial charge on any atom is 0.343 e. The molecule has 1 amide bonds. The van der Waals surface area contributed by atoms with Gasteiger partial charge in [0, 0.05) is 19.4 Å². The summed E-state index contributed by atoms with van der Waals surface area (Å²) in [5, 5.41) is 2.71. The average Bonchev–Trinajstić information content (AvgIpc) is 3.66. The Kier molecular flexibility index (Phi) is 9.06. The smallest absolute Gasteiger partial charge is 0.343 e. The van der Waals surface area contributed by atoms with Crippen LogP contribution in [0.2, 0.25) is 0 Å². The van der Waals surface area contributed by atoms with Gasteiger partial charge in [-0.2, -0.15) is 0 Å². The maximum atomic E-state index is 13.4. The summed E-state index contributed by atoms with van der Waals surface area (Å²) in [6.45, 7) is 5.38. The van der Waals surface area contributed by atoms with Crippen molar-refractivity contribution in [2.24, 2.45) is 0 Å². The van der Waals surface area contributed by atoms with Crippen LogP contribution < -0.4 is 5.32 Å². The summed E-state index contributed by atoms with van der Waals surface area (Å²) in [5.41, 5.74) is -1.37. The number of aromatic nitrogens is 4. The van der Waals surface area contributed by atoms with Crippen molar-refractivity contribution in [3.8, 4) is 0 Å². The summed E-state index contributed by atoms with van der Waals surface area (Å²) in [7, 11) is 0. The molecule has 0 saturated carbocycles. The molecule has 4 heterocycles. The number of nitrogens with zero attached hydrogens (tertiary/aromatic N) is 4. The van der Waals surface area contributed by atoms with Crippen LogP contribution in [0.4, 0.5) is 5.82 Å². The van der Waals surface area contributed by atoms with E-state index in [1.54, 1.807) is 44.2 Å². The lowest BCUT2D eigenvalue weighted by Gasteiger charge is -2.33. The van der Waals surface area contributed by atoms with Crippen molar-refractivity contribution in [1.29, 1.82) is 0 Å². The van der Waals surface area contributed by atoms with E-state index < -0.39 is 72.5 Å². The van der Waals surface area contributed by atoms with Gasteiger partial charge in [-0.05, 0) is 26.0 Å². The van der Waals surface area contributed by atoms with Gasteiger partial charge in [-0.3, -0.25) is 23.7 Å². The van der Waals surface area contributed by atoms with Crippen molar-refractivity contribution in [1.82, 2.24) is 19.5 Å². The zero-order valence-corrected chi connectivity index (χ0v) is 24.8. The third-order valence-corrected chi connectivity index (χ3v) is 7.16. The monoisotopic (exact) mass is 625 g/mol. The average molecular weight is 626 g/mol. The van der Waals surface area contributed by atoms with Crippen LogP contribution in [-0.4, -0.2) is 92.5 Å². The molecule has 0 unspecified atom stereocenters. The molecule has 3 aromatic rings. The summed E-state index contributed by atoms with van der Waals surface area (Å²) in [6, 6.07) is 8.49. The number of nitrogens with one attached hydrogen (secondary N) is 1. The van der Waals surface area contributed by atoms with Gasteiger partial charge in [0.25, 0.3) is 5.91 Å². The molecule has 1 aromatic carbocycles. The zero-order valence-electron chi connectivity index (χ0n) is 24.8. The molecule has 16 nitrogen and oxygen atoms in total. The van der Waals surface area contributed by atoms with E-state index in [1.807, 2.05) is 0 Å². The largest absolute Gasteiger partial charge is 0.466 e. The Morgan fingerprint density at radius 3 is 2.31 bits per heavy atom. The highest BCUT2D eigenvalue weighted by Crippen LogP contribution is 2.49. The van der Waals surface area contributed by atoms with E-state index in [-0.39, 0.29) is 30.2 Å². The first kappa shape index (κ1) is 31.5. The Morgan fingerprint density at radius 1 is 0.933 bits per heavy atom. The zero-order chi connectivity index (χ0) is 32.3. The van der Waals surface area contributed by atoms with Crippen LogP contribution >= 0.6 is 0 Å². The van der Waals surface area contributed by atoms with Crippen molar-refractivity contribution in [3.63, 3.8) is 0 Å². The number of amides is 1. The van der Waals surface area contributed by atoms with E-state index in [9.17, 15) is 24.0 Å². The molecule has 0 radical (unpaired) electrons. The summed E-state index contributed by atoms with van der Waals surface area (Å²) < 4.78 is 35.5. The van der Waals surface area contributed by atoms with E-state index >= 15 is 0 Å². The van der Waals surface area contributed by atoms with Gasteiger partial charge in [0.05, 0.1) is 26.0 Å². The number of esters is 4. The Labute approximate surface area is 256 Å². The van der Waals surface area contributed by atoms with Gasteiger partial charge < -0.3 is 33.7 Å². The van der Waals surface area contributed by atoms with Gasteiger partial charge in [-0.1, -0.05) is 18.2 Å². The second-order valence-corrected chi connectivity index (χ2v) is 10.1. The lowest BCUT2D eigenvalue weighted by Crippen LogP contribution is -2.54. The van der Waals surface area contributed by atoms with Gasteiger partial charge in [-0.15, -0.1) is 0 Å². The topological polar surface area (TPSA) is 196 Å². The molecule has 16 heteroatoms. The number of hydrogen-bond acceptors (Lipinski definition) is 14. The van der Waals surface area contributed by atoms with Crippen LogP contribution in [0, 0.1) is 0 Å². The highest BCUT2D eigenvalue weighted by atomic mass is 16.7.